The molecule has 0 atom stereocenters. The van der Waals surface area contributed by atoms with Crippen molar-refractivity contribution in [1.29, 1.82) is 0 Å². The van der Waals surface area contributed by atoms with Gasteiger partial charge >= 0.3 is 0 Å². The molecule has 1 aliphatic heterocycles. The lowest BCUT2D eigenvalue weighted by molar-refractivity contribution is 0.171. The van der Waals surface area contributed by atoms with Crippen molar-refractivity contribution >= 4 is 11.3 Å². The Morgan fingerprint density at radius 1 is 1.25 bits per heavy atom. The molecule has 3 rings (SSSR count). The Balaban J connectivity index is 1.65. The van der Waals surface area contributed by atoms with E-state index in [2.05, 4.69) is 24.4 Å². The fourth-order valence-electron chi connectivity index (χ4n) is 2.20. The molecule has 2 aromatic rings. The van der Waals surface area contributed by atoms with Gasteiger partial charge in [0.2, 0.25) is 12.5 Å². The average Bonchev–Trinajstić information content (AvgIpc) is 3.06. The summed E-state index contributed by atoms with van der Waals surface area (Å²) in [6.45, 7) is 4.02. The monoisotopic (exact) mass is 291 g/mol. The predicted octanol–water partition coefficient (Wildman–Crippen LogP) is 3.08. The van der Waals surface area contributed by atoms with E-state index < -0.39 is 0 Å². The molecule has 0 spiro atoms. The van der Waals surface area contributed by atoms with E-state index in [9.17, 15) is 0 Å². The van der Waals surface area contributed by atoms with Crippen LogP contribution in [-0.4, -0.2) is 13.9 Å². The van der Waals surface area contributed by atoms with Crippen LogP contribution in [0.1, 0.15) is 15.3 Å². The first-order valence-corrected chi connectivity index (χ1v) is 7.30. The van der Waals surface area contributed by atoms with Gasteiger partial charge in [-0.25, -0.2) is 0 Å². The summed E-state index contributed by atoms with van der Waals surface area (Å²) >= 11 is 1.82. The maximum absolute atomic E-state index is 5.42. The molecule has 1 aromatic heterocycles. The number of benzene rings is 1. The molecule has 2 heterocycles. The molecule has 1 N–H and O–H groups in total. The highest BCUT2D eigenvalue weighted by Gasteiger charge is 2.19. The van der Waals surface area contributed by atoms with Crippen LogP contribution in [0.15, 0.2) is 24.3 Å². The number of fused-ring (bicyclic) bond motifs is 1. The zero-order valence-electron chi connectivity index (χ0n) is 11.6. The minimum absolute atomic E-state index is 0.261. The number of aryl methyl sites for hydroxylation is 1. The quantitative estimate of drug-likeness (QED) is 0.919. The number of hydrogen-bond donors (Lipinski definition) is 1. The Bertz CT molecular complexity index is 609. The number of rotatable bonds is 5. The third kappa shape index (κ3) is 2.73. The second kappa shape index (κ2) is 5.73. The lowest BCUT2D eigenvalue weighted by Gasteiger charge is -2.09. The smallest absolute Gasteiger partial charge is 0.231 e. The molecule has 0 aliphatic carbocycles. The van der Waals surface area contributed by atoms with Gasteiger partial charge in [0.25, 0.3) is 0 Å². The standard InChI is InChI=1S/C15H17NO3S/c1-10-3-4-12(20-10)8-16-7-11-5-13(17-2)15-14(6-11)18-9-19-15/h3-6,16H,7-9H2,1-2H3. The first-order chi connectivity index (χ1) is 9.76. The fourth-order valence-corrected chi connectivity index (χ4v) is 3.06. The number of hydrogen-bond acceptors (Lipinski definition) is 5. The summed E-state index contributed by atoms with van der Waals surface area (Å²) in [6.07, 6.45) is 0. The molecule has 106 valence electrons. The molecule has 0 radical (unpaired) electrons. The normalized spacial score (nSPS) is 12.7. The van der Waals surface area contributed by atoms with Crippen molar-refractivity contribution in [3.63, 3.8) is 0 Å². The molecule has 0 saturated carbocycles. The third-order valence-electron chi connectivity index (χ3n) is 3.14. The number of thiophene rings is 1. The maximum atomic E-state index is 5.42. The van der Waals surface area contributed by atoms with Crippen LogP contribution in [-0.2, 0) is 13.1 Å². The first-order valence-electron chi connectivity index (χ1n) is 6.49. The van der Waals surface area contributed by atoms with Crippen LogP contribution in [0.4, 0.5) is 0 Å². The number of nitrogens with one attached hydrogen (secondary N) is 1. The van der Waals surface area contributed by atoms with E-state index in [1.165, 1.54) is 9.75 Å². The Hall–Kier alpha value is -1.72. The van der Waals surface area contributed by atoms with Crippen molar-refractivity contribution in [2.24, 2.45) is 0 Å². The lowest BCUT2D eigenvalue weighted by atomic mass is 10.2. The highest BCUT2D eigenvalue weighted by atomic mass is 32.1. The van der Waals surface area contributed by atoms with Gasteiger partial charge in [-0.15, -0.1) is 11.3 Å². The third-order valence-corrected chi connectivity index (χ3v) is 4.14. The Morgan fingerprint density at radius 2 is 2.15 bits per heavy atom. The molecule has 0 fully saturated rings. The second-order valence-corrected chi connectivity index (χ2v) is 6.02. The zero-order valence-corrected chi connectivity index (χ0v) is 12.4. The Labute approximate surface area is 122 Å². The molecule has 5 heteroatoms. The van der Waals surface area contributed by atoms with Crippen LogP contribution >= 0.6 is 11.3 Å². The zero-order chi connectivity index (χ0) is 13.9. The SMILES string of the molecule is COc1cc(CNCc2ccc(C)s2)cc2c1OCO2. The van der Waals surface area contributed by atoms with E-state index in [-0.39, 0.29) is 6.79 Å². The van der Waals surface area contributed by atoms with Crippen molar-refractivity contribution in [2.45, 2.75) is 20.0 Å². The molecule has 1 aliphatic rings. The lowest BCUT2D eigenvalue weighted by Crippen LogP contribution is -2.11. The topological polar surface area (TPSA) is 39.7 Å². The van der Waals surface area contributed by atoms with Crippen molar-refractivity contribution in [2.75, 3.05) is 13.9 Å². The average molecular weight is 291 g/mol. The molecule has 0 bridgehead atoms. The molecular weight excluding hydrogens is 274 g/mol. The minimum Gasteiger partial charge on any atom is -0.493 e. The van der Waals surface area contributed by atoms with Gasteiger partial charge in [0.05, 0.1) is 7.11 Å². The highest BCUT2D eigenvalue weighted by molar-refractivity contribution is 7.11. The molecule has 20 heavy (non-hydrogen) atoms. The Kier molecular flexibility index (Phi) is 3.80. The van der Waals surface area contributed by atoms with E-state index in [0.717, 1.165) is 30.2 Å². The molecule has 4 nitrogen and oxygen atoms in total. The van der Waals surface area contributed by atoms with Crippen LogP contribution < -0.4 is 19.5 Å². The molecule has 1 aromatic carbocycles. The van der Waals surface area contributed by atoms with Crippen LogP contribution in [0.3, 0.4) is 0 Å². The minimum atomic E-state index is 0.261. The summed E-state index contributed by atoms with van der Waals surface area (Å²) in [7, 11) is 1.64. The fraction of sp³-hybridized carbons (Fsp3) is 0.333. The number of methoxy groups -OCH3 is 1. The molecule has 0 unspecified atom stereocenters. The van der Waals surface area contributed by atoms with Crippen LogP contribution in [0.2, 0.25) is 0 Å². The van der Waals surface area contributed by atoms with Gasteiger partial charge in [0.15, 0.2) is 11.5 Å². The van der Waals surface area contributed by atoms with E-state index >= 15 is 0 Å². The van der Waals surface area contributed by atoms with Crippen molar-refractivity contribution in [3.8, 4) is 17.2 Å². The van der Waals surface area contributed by atoms with E-state index in [4.69, 9.17) is 14.2 Å². The second-order valence-electron chi connectivity index (χ2n) is 4.65. The molecular formula is C15H17NO3S. The van der Waals surface area contributed by atoms with Gasteiger partial charge in [-0.3, -0.25) is 0 Å². The van der Waals surface area contributed by atoms with E-state index in [1.54, 1.807) is 7.11 Å². The van der Waals surface area contributed by atoms with Crippen molar-refractivity contribution in [3.05, 3.63) is 39.6 Å². The van der Waals surface area contributed by atoms with Crippen LogP contribution in [0.5, 0.6) is 17.2 Å². The maximum Gasteiger partial charge on any atom is 0.231 e. The summed E-state index contributed by atoms with van der Waals surface area (Å²) in [5.74, 6) is 2.18. The highest BCUT2D eigenvalue weighted by Crippen LogP contribution is 2.41. The summed E-state index contributed by atoms with van der Waals surface area (Å²) in [5, 5.41) is 3.43. The van der Waals surface area contributed by atoms with Gasteiger partial charge in [0.1, 0.15) is 0 Å². The summed E-state index contributed by atoms with van der Waals surface area (Å²) in [5.41, 5.74) is 1.12. The van der Waals surface area contributed by atoms with Crippen molar-refractivity contribution in [1.82, 2.24) is 5.32 Å². The summed E-state index contributed by atoms with van der Waals surface area (Å²) in [4.78, 5) is 2.68. The van der Waals surface area contributed by atoms with Crippen LogP contribution in [0.25, 0.3) is 0 Å². The van der Waals surface area contributed by atoms with Crippen molar-refractivity contribution < 1.29 is 14.2 Å². The molecule has 0 amide bonds. The van der Waals surface area contributed by atoms with Gasteiger partial charge < -0.3 is 19.5 Å². The van der Waals surface area contributed by atoms with E-state index in [1.807, 2.05) is 23.5 Å². The predicted molar refractivity (Wildman–Crippen MR) is 78.7 cm³/mol. The van der Waals surface area contributed by atoms with Crippen LogP contribution in [0, 0.1) is 6.92 Å². The summed E-state index contributed by atoms with van der Waals surface area (Å²) < 4.78 is 16.1. The van der Waals surface area contributed by atoms with Gasteiger partial charge in [0, 0.05) is 22.8 Å². The molecule has 0 saturated heterocycles. The van der Waals surface area contributed by atoms with Gasteiger partial charge in [-0.2, -0.15) is 0 Å². The largest absolute Gasteiger partial charge is 0.493 e. The summed E-state index contributed by atoms with van der Waals surface area (Å²) in [6, 6.07) is 8.29. The number of ether oxygens (including phenoxy) is 3. The van der Waals surface area contributed by atoms with E-state index in [0.29, 0.717) is 5.75 Å². The van der Waals surface area contributed by atoms with Gasteiger partial charge in [-0.1, -0.05) is 0 Å². The first kappa shape index (κ1) is 13.3. The Morgan fingerprint density at radius 3 is 2.90 bits per heavy atom. The van der Waals surface area contributed by atoms with Gasteiger partial charge in [-0.05, 0) is 36.8 Å².